The van der Waals surface area contributed by atoms with E-state index < -0.39 is 6.09 Å². The van der Waals surface area contributed by atoms with Gasteiger partial charge in [0.05, 0.1) is 24.9 Å². The summed E-state index contributed by atoms with van der Waals surface area (Å²) >= 11 is 15.5. The number of carbonyl (C=O) groups is 1. The summed E-state index contributed by atoms with van der Waals surface area (Å²) in [4.78, 5) is 11.0. The predicted molar refractivity (Wildman–Crippen MR) is 105 cm³/mol. The molecule has 1 amide bonds. The molecule has 0 atom stereocenters. The average molecular weight is 462 g/mol. The van der Waals surface area contributed by atoms with Crippen molar-refractivity contribution >= 4 is 51.4 Å². The van der Waals surface area contributed by atoms with Gasteiger partial charge in [0.25, 0.3) is 0 Å². The molecule has 2 aromatic rings. The molecule has 26 heavy (non-hydrogen) atoms. The fourth-order valence-electron chi connectivity index (χ4n) is 1.95. The first-order valence-electron chi connectivity index (χ1n) is 7.26. The van der Waals surface area contributed by atoms with E-state index in [0.717, 1.165) is 5.56 Å². The Morgan fingerprint density at radius 3 is 2.69 bits per heavy atom. The zero-order valence-corrected chi connectivity index (χ0v) is 17.0. The quantitative estimate of drug-likeness (QED) is 0.483. The smallest absolute Gasteiger partial charge is 0.427 e. The summed E-state index contributed by atoms with van der Waals surface area (Å²) in [6.07, 6.45) is 0.788. The number of hydrogen-bond acceptors (Lipinski definition) is 5. The summed E-state index contributed by atoms with van der Waals surface area (Å²) in [6.45, 7) is 0.238. The molecule has 6 nitrogen and oxygen atoms in total. The SMILES string of the molecule is COC(=O)N/N=C/c1cc(Br)c(OCc2ccc(Cl)cc2Cl)c(OC)c1. The van der Waals surface area contributed by atoms with E-state index in [1.807, 2.05) is 0 Å². The van der Waals surface area contributed by atoms with E-state index in [9.17, 15) is 4.79 Å². The van der Waals surface area contributed by atoms with Gasteiger partial charge in [-0.3, -0.25) is 0 Å². The molecule has 0 aliphatic heterocycles. The van der Waals surface area contributed by atoms with Crippen LogP contribution in [-0.2, 0) is 11.3 Å². The average Bonchev–Trinajstić information content (AvgIpc) is 2.61. The number of halogens is 3. The fourth-order valence-corrected chi connectivity index (χ4v) is 2.99. The number of ether oxygens (including phenoxy) is 3. The van der Waals surface area contributed by atoms with Crippen LogP contribution in [0.2, 0.25) is 10.0 Å². The first kappa shape index (κ1) is 20.4. The van der Waals surface area contributed by atoms with E-state index in [-0.39, 0.29) is 6.61 Å². The lowest BCUT2D eigenvalue weighted by atomic mass is 10.2. The Balaban J connectivity index is 2.17. The van der Waals surface area contributed by atoms with Crippen molar-refractivity contribution in [2.75, 3.05) is 14.2 Å². The molecule has 0 aliphatic rings. The molecule has 2 rings (SSSR count). The molecule has 1 N–H and O–H groups in total. The summed E-state index contributed by atoms with van der Waals surface area (Å²) in [7, 11) is 2.78. The molecular weight excluding hydrogens is 447 g/mol. The molecule has 0 radical (unpaired) electrons. The van der Waals surface area contributed by atoms with E-state index in [1.165, 1.54) is 20.4 Å². The van der Waals surface area contributed by atoms with Gasteiger partial charge in [-0.1, -0.05) is 29.3 Å². The maximum absolute atomic E-state index is 11.0. The third-order valence-electron chi connectivity index (χ3n) is 3.19. The van der Waals surface area contributed by atoms with Crippen molar-refractivity contribution in [3.05, 3.63) is 56.0 Å². The lowest BCUT2D eigenvalue weighted by Crippen LogP contribution is -2.16. The highest BCUT2D eigenvalue weighted by Gasteiger charge is 2.12. The minimum absolute atomic E-state index is 0.238. The van der Waals surface area contributed by atoms with Gasteiger partial charge in [0, 0.05) is 15.6 Å². The summed E-state index contributed by atoms with van der Waals surface area (Å²) in [5, 5.41) is 4.85. The highest BCUT2D eigenvalue weighted by molar-refractivity contribution is 9.10. The van der Waals surface area contributed by atoms with Crippen LogP contribution in [0.1, 0.15) is 11.1 Å². The van der Waals surface area contributed by atoms with E-state index in [0.29, 0.717) is 31.6 Å². The molecule has 0 heterocycles. The van der Waals surface area contributed by atoms with Gasteiger partial charge in [-0.05, 0) is 45.8 Å². The zero-order valence-electron chi connectivity index (χ0n) is 13.9. The van der Waals surface area contributed by atoms with Gasteiger partial charge >= 0.3 is 6.09 Å². The van der Waals surface area contributed by atoms with Crippen LogP contribution in [0.5, 0.6) is 11.5 Å². The number of carbonyl (C=O) groups excluding carboxylic acids is 1. The summed E-state index contributed by atoms with van der Waals surface area (Å²) < 4.78 is 16.3. The third-order valence-corrected chi connectivity index (χ3v) is 4.37. The number of nitrogens with one attached hydrogen (secondary N) is 1. The van der Waals surface area contributed by atoms with E-state index in [1.54, 1.807) is 30.3 Å². The topological polar surface area (TPSA) is 69.2 Å². The molecule has 2 aromatic carbocycles. The van der Waals surface area contributed by atoms with Gasteiger partial charge < -0.3 is 14.2 Å². The van der Waals surface area contributed by atoms with Crippen LogP contribution in [0, 0.1) is 0 Å². The lowest BCUT2D eigenvalue weighted by molar-refractivity contribution is 0.171. The molecule has 0 bridgehead atoms. The molecule has 0 saturated heterocycles. The normalized spacial score (nSPS) is 10.7. The number of rotatable bonds is 6. The molecule has 0 aliphatic carbocycles. The molecule has 0 saturated carbocycles. The summed E-state index contributed by atoms with van der Waals surface area (Å²) in [5.41, 5.74) is 3.68. The largest absolute Gasteiger partial charge is 0.493 e. The number of nitrogens with zero attached hydrogens (tertiary/aromatic N) is 1. The summed E-state index contributed by atoms with van der Waals surface area (Å²) in [5.74, 6) is 1.00. The van der Waals surface area contributed by atoms with Crippen molar-refractivity contribution in [2.45, 2.75) is 6.61 Å². The van der Waals surface area contributed by atoms with Crippen LogP contribution < -0.4 is 14.9 Å². The highest BCUT2D eigenvalue weighted by atomic mass is 79.9. The predicted octanol–water partition coefficient (Wildman–Crippen LogP) is 5.03. The zero-order chi connectivity index (χ0) is 19.1. The van der Waals surface area contributed by atoms with Gasteiger partial charge in [0.2, 0.25) is 0 Å². The number of amides is 1. The monoisotopic (exact) mass is 460 g/mol. The standard InChI is InChI=1S/C17H15BrCl2N2O4/c1-24-15-6-10(8-21-22-17(23)25-2)5-13(18)16(15)26-9-11-3-4-12(19)7-14(11)20/h3-8H,9H2,1-2H3,(H,22,23)/b21-8+. The Kier molecular flexibility index (Phi) is 7.56. The van der Waals surface area contributed by atoms with E-state index in [2.05, 4.69) is 31.2 Å². The van der Waals surface area contributed by atoms with Crippen LogP contribution in [-0.4, -0.2) is 26.5 Å². The second-order valence-corrected chi connectivity index (χ2v) is 6.62. The first-order valence-corrected chi connectivity index (χ1v) is 8.80. The Bertz CT molecular complexity index is 831. The number of hydrazone groups is 1. The fraction of sp³-hybridized carbons (Fsp3) is 0.176. The second-order valence-electron chi connectivity index (χ2n) is 4.92. The van der Waals surface area contributed by atoms with E-state index >= 15 is 0 Å². The van der Waals surface area contributed by atoms with Crippen molar-refractivity contribution < 1.29 is 19.0 Å². The molecule has 0 aromatic heterocycles. The van der Waals surface area contributed by atoms with Crippen LogP contribution in [0.3, 0.4) is 0 Å². The lowest BCUT2D eigenvalue weighted by Gasteiger charge is -2.14. The van der Waals surface area contributed by atoms with Crippen molar-refractivity contribution in [1.82, 2.24) is 5.43 Å². The first-order chi connectivity index (χ1) is 12.4. The van der Waals surface area contributed by atoms with Crippen molar-refractivity contribution in [3.8, 4) is 11.5 Å². The molecule has 138 valence electrons. The molecule has 0 spiro atoms. The Hall–Kier alpha value is -1.96. The van der Waals surface area contributed by atoms with Gasteiger partial charge in [-0.2, -0.15) is 5.10 Å². The Morgan fingerprint density at radius 1 is 1.27 bits per heavy atom. The Morgan fingerprint density at radius 2 is 2.04 bits per heavy atom. The van der Waals surface area contributed by atoms with Gasteiger partial charge in [-0.25, -0.2) is 10.2 Å². The minimum Gasteiger partial charge on any atom is -0.493 e. The molecule has 0 unspecified atom stereocenters. The minimum atomic E-state index is -0.660. The second kappa shape index (κ2) is 9.66. The van der Waals surface area contributed by atoms with Crippen LogP contribution in [0.25, 0.3) is 0 Å². The van der Waals surface area contributed by atoms with Crippen LogP contribution in [0.15, 0.2) is 39.9 Å². The Labute approximate surface area is 169 Å². The van der Waals surface area contributed by atoms with Crippen LogP contribution >= 0.6 is 39.1 Å². The molecule has 0 fully saturated rings. The summed E-state index contributed by atoms with van der Waals surface area (Å²) in [6, 6.07) is 8.68. The van der Waals surface area contributed by atoms with Gasteiger partial charge in [0.1, 0.15) is 6.61 Å². The third kappa shape index (κ3) is 5.52. The maximum atomic E-state index is 11.0. The maximum Gasteiger partial charge on any atom is 0.427 e. The van der Waals surface area contributed by atoms with Gasteiger partial charge in [0.15, 0.2) is 11.5 Å². The van der Waals surface area contributed by atoms with Crippen molar-refractivity contribution in [3.63, 3.8) is 0 Å². The van der Waals surface area contributed by atoms with E-state index in [4.69, 9.17) is 32.7 Å². The number of benzene rings is 2. The number of hydrogen-bond donors (Lipinski definition) is 1. The van der Waals surface area contributed by atoms with Gasteiger partial charge in [-0.15, -0.1) is 0 Å². The molecule has 9 heteroatoms. The van der Waals surface area contributed by atoms with Crippen LogP contribution in [0.4, 0.5) is 4.79 Å². The van der Waals surface area contributed by atoms with Crippen molar-refractivity contribution in [2.24, 2.45) is 5.10 Å². The number of methoxy groups -OCH3 is 2. The molecular formula is C17H15BrCl2N2O4. The van der Waals surface area contributed by atoms with Crippen molar-refractivity contribution in [1.29, 1.82) is 0 Å². The highest BCUT2D eigenvalue weighted by Crippen LogP contribution is 2.37.